The number of nitrogens with one attached hydrogen (secondary N) is 1. The summed E-state index contributed by atoms with van der Waals surface area (Å²) in [5.41, 5.74) is 4.15. The van der Waals surface area contributed by atoms with Crippen molar-refractivity contribution in [3.05, 3.63) is 46.9 Å². The van der Waals surface area contributed by atoms with E-state index in [1.807, 2.05) is 0 Å². The summed E-state index contributed by atoms with van der Waals surface area (Å²) < 4.78 is 68.2. The van der Waals surface area contributed by atoms with Gasteiger partial charge < -0.3 is 20.5 Å². The average Bonchev–Trinajstić information content (AvgIpc) is 2.82. The number of carbonyl (C=O) groups is 1. The van der Waals surface area contributed by atoms with E-state index in [9.17, 15) is 26.9 Å². The molecule has 13 heteroatoms. The van der Waals surface area contributed by atoms with E-state index in [1.165, 1.54) is 37.9 Å². The Kier molecular flexibility index (Phi) is 7.16. The van der Waals surface area contributed by atoms with E-state index in [0.29, 0.717) is 33.5 Å². The predicted molar refractivity (Wildman–Crippen MR) is 139 cm³/mol. The Morgan fingerprint density at radius 2 is 1.76 bits per heavy atom. The van der Waals surface area contributed by atoms with E-state index in [-0.39, 0.29) is 43.2 Å². The van der Waals surface area contributed by atoms with Gasteiger partial charge in [0, 0.05) is 43.0 Å². The van der Waals surface area contributed by atoms with Crippen molar-refractivity contribution < 1.29 is 26.9 Å². The molecule has 0 aliphatic carbocycles. The summed E-state index contributed by atoms with van der Waals surface area (Å²) in [6.07, 6.45) is -2.74. The highest BCUT2D eigenvalue weighted by Gasteiger charge is 2.38. The minimum Gasteiger partial charge on any atom is -0.399 e. The van der Waals surface area contributed by atoms with Crippen molar-refractivity contribution >= 4 is 40.9 Å². The molecule has 0 unspecified atom stereocenters. The van der Waals surface area contributed by atoms with Gasteiger partial charge in [0.25, 0.3) is 5.91 Å². The van der Waals surface area contributed by atoms with Crippen LogP contribution in [0.5, 0.6) is 0 Å². The van der Waals surface area contributed by atoms with Crippen molar-refractivity contribution in [1.29, 1.82) is 0 Å². The van der Waals surface area contributed by atoms with Crippen LogP contribution in [0.4, 0.5) is 29.1 Å². The van der Waals surface area contributed by atoms with Gasteiger partial charge in [-0.25, -0.2) is 14.4 Å². The van der Waals surface area contributed by atoms with Crippen molar-refractivity contribution in [3.8, 4) is 0 Å². The third kappa shape index (κ3) is 5.60. The molecule has 1 saturated heterocycles. The first kappa shape index (κ1) is 27.8. The quantitative estimate of drug-likeness (QED) is 0.273. The normalized spacial score (nSPS) is 16.1. The molecule has 1 aromatic carbocycles. The second-order valence-corrected chi connectivity index (χ2v) is 13.1. The van der Waals surface area contributed by atoms with Gasteiger partial charge in [0.05, 0.1) is 17.3 Å². The number of aryl methyl sites for hydroxylation is 1. The summed E-state index contributed by atoms with van der Waals surface area (Å²) in [6.45, 7) is 5.76. The molecule has 4 rings (SSSR count). The van der Waals surface area contributed by atoms with Crippen LogP contribution in [0.3, 0.4) is 0 Å². The summed E-state index contributed by atoms with van der Waals surface area (Å²) in [5.74, 6) is 0.129. The second-order valence-electron chi connectivity index (χ2n) is 9.98. The molecular weight excluding hydrogens is 523 g/mol. The highest BCUT2D eigenvalue weighted by Crippen LogP contribution is 2.46. The molecule has 3 N–H and O–H groups in total. The molecule has 0 saturated carbocycles. The van der Waals surface area contributed by atoms with Crippen molar-refractivity contribution in [3.63, 3.8) is 0 Å². The number of pyridine rings is 1. The minimum absolute atomic E-state index is 0.00555. The Bertz CT molecular complexity index is 1440. The summed E-state index contributed by atoms with van der Waals surface area (Å²) in [6, 6.07) is 4.01. The minimum atomic E-state index is -4.54. The zero-order valence-corrected chi connectivity index (χ0v) is 22.4. The van der Waals surface area contributed by atoms with E-state index in [1.54, 1.807) is 13.0 Å². The number of aromatic nitrogens is 3. The van der Waals surface area contributed by atoms with E-state index in [0.717, 1.165) is 6.07 Å². The van der Waals surface area contributed by atoms with Crippen LogP contribution in [0, 0.1) is 13.8 Å². The van der Waals surface area contributed by atoms with E-state index in [4.69, 9.17) is 5.73 Å². The number of rotatable bonds is 5. The van der Waals surface area contributed by atoms with Crippen molar-refractivity contribution in [2.75, 3.05) is 36.5 Å². The molecule has 3 aromatic rings. The first-order valence-corrected chi connectivity index (χ1v) is 14.1. The fourth-order valence-corrected chi connectivity index (χ4v) is 6.99. The molecule has 204 valence electrons. The second kappa shape index (κ2) is 9.80. The SMILES string of the molecule is Cc1nc(NCc2cc(N)cc(C(F)(F)F)c2C)c2cc(P3(=O)CCN(C(=O)C(C)(C)F)CC3)ncc2n1. The van der Waals surface area contributed by atoms with Gasteiger partial charge in [0.1, 0.15) is 24.2 Å². The Morgan fingerprint density at radius 1 is 1.11 bits per heavy atom. The van der Waals surface area contributed by atoms with Crippen LogP contribution in [0.15, 0.2) is 24.4 Å². The summed E-state index contributed by atoms with van der Waals surface area (Å²) >= 11 is 0. The predicted octanol–water partition coefficient (Wildman–Crippen LogP) is 4.43. The number of alkyl halides is 4. The maximum atomic E-state index is 14.1. The molecule has 0 bridgehead atoms. The van der Waals surface area contributed by atoms with Gasteiger partial charge in [0.2, 0.25) is 0 Å². The third-order valence-electron chi connectivity index (χ3n) is 6.64. The number of nitrogen functional groups attached to an aromatic ring is 1. The van der Waals surface area contributed by atoms with Gasteiger partial charge >= 0.3 is 6.18 Å². The van der Waals surface area contributed by atoms with Crippen LogP contribution < -0.4 is 16.5 Å². The molecule has 1 fully saturated rings. The number of hydrogen-bond donors (Lipinski definition) is 2. The number of nitrogens with zero attached hydrogens (tertiary/aromatic N) is 4. The topological polar surface area (TPSA) is 114 Å². The molecule has 2 aromatic heterocycles. The number of fused-ring (bicyclic) bond motifs is 1. The van der Waals surface area contributed by atoms with Crippen molar-refractivity contribution in [2.45, 2.75) is 46.1 Å². The Balaban J connectivity index is 1.63. The fraction of sp³-hybridized carbons (Fsp3) is 0.440. The van der Waals surface area contributed by atoms with E-state index in [2.05, 4.69) is 20.3 Å². The van der Waals surface area contributed by atoms with Gasteiger partial charge in [-0.3, -0.25) is 9.78 Å². The molecule has 0 radical (unpaired) electrons. The number of carbonyl (C=O) groups excluding carboxylic acids is 1. The Morgan fingerprint density at radius 3 is 2.37 bits per heavy atom. The summed E-state index contributed by atoms with van der Waals surface area (Å²) in [7, 11) is -3.00. The van der Waals surface area contributed by atoms with Crippen LogP contribution in [0.2, 0.25) is 0 Å². The number of nitrogens with two attached hydrogens (primary N) is 1. The van der Waals surface area contributed by atoms with Crippen molar-refractivity contribution in [1.82, 2.24) is 19.9 Å². The van der Waals surface area contributed by atoms with Crippen LogP contribution in [-0.4, -0.2) is 56.8 Å². The molecule has 3 heterocycles. The number of anilines is 2. The van der Waals surface area contributed by atoms with Gasteiger partial charge in [-0.1, -0.05) is 0 Å². The number of benzene rings is 1. The lowest BCUT2D eigenvalue weighted by molar-refractivity contribution is -0.141. The lowest BCUT2D eigenvalue weighted by Crippen LogP contribution is -2.48. The van der Waals surface area contributed by atoms with Gasteiger partial charge in [-0.2, -0.15) is 13.2 Å². The third-order valence-corrected chi connectivity index (χ3v) is 9.57. The first-order chi connectivity index (χ1) is 17.6. The Hall–Kier alpha value is -3.27. The maximum absolute atomic E-state index is 14.1. The molecular formula is C25H29F4N6O2P. The zero-order valence-electron chi connectivity index (χ0n) is 21.5. The highest BCUT2D eigenvalue weighted by molar-refractivity contribution is 7.71. The molecule has 1 aliphatic rings. The van der Waals surface area contributed by atoms with Gasteiger partial charge in [-0.15, -0.1) is 0 Å². The maximum Gasteiger partial charge on any atom is 0.416 e. The standard InChI is InChI=1S/C25H29F4N6O2P/c1-14-16(9-17(30)10-19(14)25(27,28)29)12-32-22-18-11-21(31-13-20(18)33-15(2)34-22)38(37)7-5-35(6-8-38)23(36)24(3,4)26/h9-11,13H,5-8,12,30H2,1-4H3,(H,32,33,34). The first-order valence-electron chi connectivity index (χ1n) is 12.0. The van der Waals surface area contributed by atoms with Crippen LogP contribution in [0.1, 0.15) is 36.4 Å². The van der Waals surface area contributed by atoms with Gasteiger partial charge in [0.15, 0.2) is 5.67 Å². The lowest BCUT2D eigenvalue weighted by atomic mass is 10.0. The van der Waals surface area contributed by atoms with Crippen LogP contribution in [-0.2, 0) is 22.1 Å². The van der Waals surface area contributed by atoms with Gasteiger partial charge in [-0.05, 0) is 57.0 Å². The molecule has 1 aliphatic heterocycles. The molecule has 0 atom stereocenters. The van der Waals surface area contributed by atoms with E-state index < -0.39 is 30.5 Å². The molecule has 38 heavy (non-hydrogen) atoms. The van der Waals surface area contributed by atoms with Crippen LogP contribution in [0.25, 0.3) is 10.9 Å². The zero-order chi connectivity index (χ0) is 28.0. The summed E-state index contributed by atoms with van der Waals surface area (Å²) in [4.78, 5) is 26.8. The van der Waals surface area contributed by atoms with Crippen LogP contribution >= 0.6 is 7.14 Å². The number of amides is 1. The number of halogens is 4. The molecule has 0 spiro atoms. The fourth-order valence-electron chi connectivity index (χ4n) is 4.55. The highest BCUT2D eigenvalue weighted by atomic mass is 31.2. The summed E-state index contributed by atoms with van der Waals surface area (Å²) in [5, 5.41) is 3.60. The molecule has 1 amide bonds. The smallest absolute Gasteiger partial charge is 0.399 e. The Labute approximate surface area is 217 Å². The average molecular weight is 553 g/mol. The monoisotopic (exact) mass is 552 g/mol. The van der Waals surface area contributed by atoms with E-state index >= 15 is 0 Å². The largest absolute Gasteiger partial charge is 0.416 e. The number of hydrogen-bond acceptors (Lipinski definition) is 7. The molecule has 8 nitrogen and oxygen atoms in total. The van der Waals surface area contributed by atoms with Crippen molar-refractivity contribution in [2.24, 2.45) is 0 Å². The lowest BCUT2D eigenvalue weighted by Gasteiger charge is -2.34.